The highest BCUT2D eigenvalue weighted by molar-refractivity contribution is 7.92. The van der Waals surface area contributed by atoms with Crippen LogP contribution in [-0.4, -0.2) is 54.9 Å². The second-order valence-electron chi connectivity index (χ2n) is 8.97. The van der Waals surface area contributed by atoms with Gasteiger partial charge in [-0.15, -0.1) is 0 Å². The number of hydrogen-bond donors (Lipinski definition) is 1. The predicted molar refractivity (Wildman–Crippen MR) is 142 cm³/mol. The number of rotatable bonds is 10. The van der Waals surface area contributed by atoms with Crippen molar-refractivity contribution in [1.29, 1.82) is 0 Å². The molecule has 1 aliphatic carbocycles. The van der Waals surface area contributed by atoms with E-state index in [2.05, 4.69) is 5.32 Å². The molecule has 10 nitrogen and oxygen atoms in total. The van der Waals surface area contributed by atoms with E-state index in [0.29, 0.717) is 10.6 Å². The number of sulfonamides is 1. The molecule has 1 atom stereocenters. The van der Waals surface area contributed by atoms with Gasteiger partial charge in [0.2, 0.25) is 21.8 Å². The van der Waals surface area contributed by atoms with Crippen molar-refractivity contribution >= 4 is 56.4 Å². The van der Waals surface area contributed by atoms with E-state index < -0.39 is 33.4 Å². The highest BCUT2D eigenvalue weighted by atomic mass is 35.5. The van der Waals surface area contributed by atoms with Crippen LogP contribution in [0.1, 0.15) is 38.2 Å². The van der Waals surface area contributed by atoms with E-state index in [1.165, 1.54) is 29.2 Å². The monoisotopic (exact) mass is 570 g/mol. The lowest BCUT2D eigenvalue weighted by molar-refractivity contribution is -0.384. The Kier molecular flexibility index (Phi) is 9.38. The van der Waals surface area contributed by atoms with Crippen LogP contribution in [-0.2, 0) is 26.2 Å². The van der Waals surface area contributed by atoms with Crippen molar-refractivity contribution in [3.05, 3.63) is 68.2 Å². The van der Waals surface area contributed by atoms with E-state index in [1.54, 1.807) is 19.1 Å². The van der Waals surface area contributed by atoms with Gasteiger partial charge in [-0.1, -0.05) is 48.2 Å². The third-order valence-corrected chi connectivity index (χ3v) is 7.96. The molecule has 2 amide bonds. The lowest BCUT2D eigenvalue weighted by Gasteiger charge is -2.32. The average Bonchev–Trinajstić information content (AvgIpc) is 3.34. The molecule has 1 fully saturated rings. The summed E-state index contributed by atoms with van der Waals surface area (Å²) < 4.78 is 26.0. The highest BCUT2D eigenvalue weighted by Crippen LogP contribution is 2.26. The molecule has 0 heterocycles. The van der Waals surface area contributed by atoms with Gasteiger partial charge in [-0.25, -0.2) is 8.42 Å². The lowest BCUT2D eigenvalue weighted by atomic mass is 10.1. The third-order valence-electron chi connectivity index (χ3n) is 6.23. The van der Waals surface area contributed by atoms with Crippen molar-refractivity contribution in [3.8, 4) is 0 Å². The minimum atomic E-state index is -4.02. The molecule has 0 bridgehead atoms. The van der Waals surface area contributed by atoms with Crippen LogP contribution < -0.4 is 9.62 Å². The topological polar surface area (TPSA) is 130 Å². The maximum absolute atomic E-state index is 13.6. The summed E-state index contributed by atoms with van der Waals surface area (Å²) in [6.45, 7) is 0.803. The first kappa shape index (κ1) is 28.7. The van der Waals surface area contributed by atoms with Crippen molar-refractivity contribution in [2.75, 3.05) is 17.1 Å². The summed E-state index contributed by atoms with van der Waals surface area (Å²) in [5.74, 6) is -1.05. The second kappa shape index (κ2) is 12.1. The number of nitrogens with one attached hydrogen (secondary N) is 1. The van der Waals surface area contributed by atoms with E-state index in [0.717, 1.165) is 42.3 Å². The fourth-order valence-electron chi connectivity index (χ4n) is 4.18. The summed E-state index contributed by atoms with van der Waals surface area (Å²) in [7, 11) is -4.02. The predicted octanol–water partition coefficient (Wildman–Crippen LogP) is 4.14. The summed E-state index contributed by atoms with van der Waals surface area (Å²) in [6.07, 6.45) is 4.62. The smallest absolute Gasteiger partial charge is 0.271 e. The Morgan fingerprint density at radius 2 is 1.84 bits per heavy atom. The Morgan fingerprint density at radius 1 is 1.16 bits per heavy atom. The number of nitro benzene ring substituents is 1. The normalized spacial score (nSPS) is 14.7. The van der Waals surface area contributed by atoms with Crippen molar-refractivity contribution in [2.24, 2.45) is 0 Å². The maximum atomic E-state index is 13.6. The van der Waals surface area contributed by atoms with Gasteiger partial charge >= 0.3 is 0 Å². The minimum absolute atomic E-state index is 0.0170. The van der Waals surface area contributed by atoms with Crippen LogP contribution in [0.25, 0.3) is 0 Å². The van der Waals surface area contributed by atoms with Gasteiger partial charge < -0.3 is 10.2 Å². The number of carbonyl (C=O) groups excluding carboxylic acids is 2. The Morgan fingerprint density at radius 3 is 2.43 bits per heavy atom. The molecular formula is C24H28Cl2N4O6S. The fraction of sp³-hybridized carbons (Fsp3) is 0.417. The standard InChI is InChI=1S/C24H28Cl2N4O6S/c1-16(24(32)27-19-6-3-4-7-19)28(14-17-10-11-18(25)12-22(17)26)23(31)15-29(37(2,35)36)20-8-5-9-21(13-20)30(33)34/h5,8-13,16,19H,3-4,6-7,14-15H2,1-2H3,(H,27,32)/t16-/m0/s1. The van der Waals surface area contributed by atoms with Gasteiger partial charge in [0.05, 0.1) is 16.9 Å². The zero-order chi connectivity index (χ0) is 27.3. The first-order valence-electron chi connectivity index (χ1n) is 11.6. The molecule has 3 rings (SSSR count). The van der Waals surface area contributed by atoms with Gasteiger partial charge in [-0.3, -0.25) is 24.0 Å². The van der Waals surface area contributed by atoms with Crippen LogP contribution in [0.2, 0.25) is 10.0 Å². The molecule has 0 radical (unpaired) electrons. The summed E-state index contributed by atoms with van der Waals surface area (Å²) in [5.41, 5.74) is 0.145. The molecule has 0 saturated heterocycles. The Bertz CT molecular complexity index is 1280. The van der Waals surface area contributed by atoms with Crippen LogP contribution in [0.3, 0.4) is 0 Å². The molecule has 2 aromatic carbocycles. The summed E-state index contributed by atoms with van der Waals surface area (Å²) in [6, 6.07) is 8.78. The Balaban J connectivity index is 1.93. The fourth-order valence-corrected chi connectivity index (χ4v) is 5.49. The zero-order valence-corrected chi connectivity index (χ0v) is 22.7. The third kappa shape index (κ3) is 7.56. The number of non-ortho nitro benzene ring substituents is 1. The molecule has 0 aliphatic heterocycles. The number of halogens is 2. The van der Waals surface area contributed by atoms with Gasteiger partial charge in [0.25, 0.3) is 5.69 Å². The van der Waals surface area contributed by atoms with Crippen LogP contribution in [0.4, 0.5) is 11.4 Å². The molecule has 0 unspecified atom stereocenters. The second-order valence-corrected chi connectivity index (χ2v) is 11.7. The first-order chi connectivity index (χ1) is 17.4. The lowest BCUT2D eigenvalue weighted by Crippen LogP contribution is -2.52. The van der Waals surface area contributed by atoms with Gasteiger partial charge in [-0.2, -0.15) is 0 Å². The number of hydrogen-bond acceptors (Lipinski definition) is 6. The molecule has 1 N–H and O–H groups in total. The van der Waals surface area contributed by atoms with E-state index in [4.69, 9.17) is 23.2 Å². The Labute approximate surface area is 225 Å². The molecule has 1 aliphatic rings. The molecule has 13 heteroatoms. The summed E-state index contributed by atoms with van der Waals surface area (Å²) >= 11 is 12.3. The Hall–Kier alpha value is -2.89. The van der Waals surface area contributed by atoms with Crippen LogP contribution >= 0.6 is 23.2 Å². The number of amides is 2. The molecular weight excluding hydrogens is 543 g/mol. The molecule has 0 spiro atoms. The van der Waals surface area contributed by atoms with Crippen molar-refractivity contribution in [2.45, 2.75) is 51.2 Å². The largest absolute Gasteiger partial charge is 0.352 e. The number of anilines is 1. The van der Waals surface area contributed by atoms with Crippen LogP contribution in [0.5, 0.6) is 0 Å². The van der Waals surface area contributed by atoms with Crippen molar-refractivity contribution < 1.29 is 22.9 Å². The quantitative estimate of drug-likeness (QED) is 0.337. The van der Waals surface area contributed by atoms with Crippen LogP contribution in [0.15, 0.2) is 42.5 Å². The summed E-state index contributed by atoms with van der Waals surface area (Å²) in [5, 5.41) is 14.9. The number of nitrogens with zero attached hydrogens (tertiary/aromatic N) is 3. The average molecular weight is 571 g/mol. The van der Waals surface area contributed by atoms with E-state index in [9.17, 15) is 28.1 Å². The van der Waals surface area contributed by atoms with Crippen LogP contribution in [0, 0.1) is 10.1 Å². The molecule has 0 aromatic heterocycles. The molecule has 200 valence electrons. The first-order valence-corrected chi connectivity index (χ1v) is 14.2. The van der Waals surface area contributed by atoms with E-state index in [1.807, 2.05) is 0 Å². The van der Waals surface area contributed by atoms with Crippen molar-refractivity contribution in [1.82, 2.24) is 10.2 Å². The van der Waals surface area contributed by atoms with Crippen molar-refractivity contribution in [3.63, 3.8) is 0 Å². The van der Waals surface area contributed by atoms with E-state index in [-0.39, 0.29) is 34.9 Å². The number of carbonyl (C=O) groups is 2. The number of benzene rings is 2. The molecule has 2 aromatic rings. The minimum Gasteiger partial charge on any atom is -0.352 e. The SMILES string of the molecule is C[C@@H](C(=O)NC1CCCC1)N(Cc1ccc(Cl)cc1Cl)C(=O)CN(c1cccc([N+](=O)[O-])c1)S(C)(=O)=O. The summed E-state index contributed by atoms with van der Waals surface area (Å²) in [4.78, 5) is 38.5. The highest BCUT2D eigenvalue weighted by Gasteiger charge is 2.32. The van der Waals surface area contributed by atoms with Gasteiger partial charge in [0, 0.05) is 34.8 Å². The van der Waals surface area contributed by atoms with Gasteiger partial charge in [0.15, 0.2) is 0 Å². The van der Waals surface area contributed by atoms with Gasteiger partial charge in [-0.05, 0) is 43.5 Å². The maximum Gasteiger partial charge on any atom is 0.271 e. The number of nitro groups is 1. The van der Waals surface area contributed by atoms with E-state index >= 15 is 0 Å². The molecule has 1 saturated carbocycles. The van der Waals surface area contributed by atoms with Gasteiger partial charge in [0.1, 0.15) is 12.6 Å². The zero-order valence-electron chi connectivity index (χ0n) is 20.4. The molecule has 37 heavy (non-hydrogen) atoms.